The Hall–Kier alpha value is -1.75. The zero-order valence-electron chi connectivity index (χ0n) is 9.29. The summed E-state index contributed by atoms with van der Waals surface area (Å²) in [6.07, 6.45) is 0. The SMILES string of the molecule is CCNc1ccc(Cl)cc1C(=O)NCC(=O)O. The summed E-state index contributed by atoms with van der Waals surface area (Å²) in [5.74, 6) is -1.56. The minimum atomic E-state index is -1.09. The maximum atomic E-state index is 11.7. The zero-order chi connectivity index (χ0) is 12.8. The first kappa shape index (κ1) is 13.3. The van der Waals surface area contributed by atoms with Crippen LogP contribution in [-0.2, 0) is 4.79 Å². The van der Waals surface area contributed by atoms with Gasteiger partial charge in [0, 0.05) is 17.3 Å². The van der Waals surface area contributed by atoms with Gasteiger partial charge in [0.15, 0.2) is 0 Å². The van der Waals surface area contributed by atoms with E-state index in [1.165, 1.54) is 6.07 Å². The number of carbonyl (C=O) groups is 2. The van der Waals surface area contributed by atoms with E-state index in [1.54, 1.807) is 12.1 Å². The molecule has 6 heteroatoms. The molecule has 0 unspecified atom stereocenters. The normalized spacial score (nSPS) is 9.76. The van der Waals surface area contributed by atoms with Crippen LogP contribution < -0.4 is 10.6 Å². The number of anilines is 1. The Kier molecular flexibility index (Phi) is 4.78. The van der Waals surface area contributed by atoms with Gasteiger partial charge in [0.2, 0.25) is 0 Å². The van der Waals surface area contributed by atoms with Crippen molar-refractivity contribution >= 4 is 29.2 Å². The van der Waals surface area contributed by atoms with Crippen LogP contribution in [0, 0.1) is 0 Å². The molecule has 0 spiro atoms. The predicted molar refractivity (Wildman–Crippen MR) is 65.6 cm³/mol. The molecule has 0 aliphatic carbocycles. The summed E-state index contributed by atoms with van der Waals surface area (Å²) >= 11 is 5.80. The first-order valence-corrected chi connectivity index (χ1v) is 5.45. The van der Waals surface area contributed by atoms with E-state index >= 15 is 0 Å². The number of halogens is 1. The molecule has 92 valence electrons. The molecule has 1 aromatic rings. The number of hydrogen-bond acceptors (Lipinski definition) is 3. The molecule has 0 aromatic heterocycles. The monoisotopic (exact) mass is 256 g/mol. The lowest BCUT2D eigenvalue weighted by molar-refractivity contribution is -0.135. The smallest absolute Gasteiger partial charge is 0.322 e. The third kappa shape index (κ3) is 3.96. The summed E-state index contributed by atoms with van der Waals surface area (Å²) in [5, 5.41) is 14.2. The van der Waals surface area contributed by atoms with Crippen LogP contribution in [0.15, 0.2) is 18.2 Å². The Bertz CT molecular complexity index is 435. The Morgan fingerprint density at radius 3 is 2.71 bits per heavy atom. The van der Waals surface area contributed by atoms with Gasteiger partial charge in [-0.25, -0.2) is 0 Å². The lowest BCUT2D eigenvalue weighted by Gasteiger charge is -2.10. The molecule has 3 N–H and O–H groups in total. The number of carboxylic acid groups (broad SMARTS) is 1. The van der Waals surface area contributed by atoms with E-state index in [0.29, 0.717) is 22.8 Å². The van der Waals surface area contributed by atoms with Crippen molar-refractivity contribution in [2.24, 2.45) is 0 Å². The van der Waals surface area contributed by atoms with Gasteiger partial charge in [-0.3, -0.25) is 9.59 Å². The number of rotatable bonds is 5. The standard InChI is InChI=1S/C11H13ClN2O3/c1-2-13-9-4-3-7(12)5-8(9)11(17)14-6-10(15)16/h3-5,13H,2,6H2,1H3,(H,14,17)(H,15,16). The molecule has 0 aliphatic heterocycles. The molecular weight excluding hydrogens is 244 g/mol. The number of amides is 1. The summed E-state index contributed by atoms with van der Waals surface area (Å²) < 4.78 is 0. The number of carbonyl (C=O) groups excluding carboxylic acids is 1. The lowest BCUT2D eigenvalue weighted by Crippen LogP contribution is -2.29. The quantitative estimate of drug-likeness (QED) is 0.748. The topological polar surface area (TPSA) is 78.4 Å². The second-order valence-corrected chi connectivity index (χ2v) is 3.73. The van der Waals surface area contributed by atoms with Gasteiger partial charge >= 0.3 is 5.97 Å². The van der Waals surface area contributed by atoms with Gasteiger partial charge in [-0.05, 0) is 25.1 Å². The summed E-state index contributed by atoms with van der Waals surface area (Å²) in [7, 11) is 0. The molecule has 0 heterocycles. The van der Waals surface area contributed by atoms with Gasteiger partial charge in [0.05, 0.1) is 5.56 Å². The molecule has 0 bridgehead atoms. The van der Waals surface area contributed by atoms with Crippen LogP contribution >= 0.6 is 11.6 Å². The molecule has 0 aliphatic rings. The van der Waals surface area contributed by atoms with Gasteiger partial charge in [-0.2, -0.15) is 0 Å². The highest BCUT2D eigenvalue weighted by Crippen LogP contribution is 2.20. The van der Waals surface area contributed by atoms with Crippen LogP contribution in [0.1, 0.15) is 17.3 Å². The lowest BCUT2D eigenvalue weighted by atomic mass is 10.1. The third-order valence-electron chi connectivity index (χ3n) is 1.99. The first-order chi connectivity index (χ1) is 8.04. The number of aliphatic carboxylic acids is 1. The van der Waals surface area contributed by atoms with Crippen LogP contribution in [-0.4, -0.2) is 30.1 Å². The van der Waals surface area contributed by atoms with Gasteiger partial charge in [0.1, 0.15) is 6.54 Å². The molecule has 0 fully saturated rings. The number of hydrogen-bond donors (Lipinski definition) is 3. The maximum Gasteiger partial charge on any atom is 0.322 e. The van der Waals surface area contributed by atoms with E-state index < -0.39 is 18.4 Å². The predicted octanol–water partition coefficient (Wildman–Crippen LogP) is 1.59. The molecule has 0 saturated carbocycles. The van der Waals surface area contributed by atoms with E-state index in [4.69, 9.17) is 16.7 Å². The Morgan fingerprint density at radius 1 is 1.41 bits per heavy atom. The van der Waals surface area contributed by atoms with Crippen LogP contribution in [0.3, 0.4) is 0 Å². The highest BCUT2D eigenvalue weighted by Gasteiger charge is 2.12. The summed E-state index contributed by atoms with van der Waals surface area (Å²) in [6.45, 7) is 2.13. The average Bonchev–Trinajstić information content (AvgIpc) is 2.28. The van der Waals surface area contributed by atoms with Crippen LogP contribution in [0.4, 0.5) is 5.69 Å². The second-order valence-electron chi connectivity index (χ2n) is 3.30. The molecule has 5 nitrogen and oxygen atoms in total. The van der Waals surface area contributed by atoms with Crippen molar-refractivity contribution in [1.29, 1.82) is 0 Å². The van der Waals surface area contributed by atoms with E-state index in [1.807, 2.05) is 6.92 Å². The van der Waals surface area contributed by atoms with Gasteiger partial charge in [-0.1, -0.05) is 11.6 Å². The van der Waals surface area contributed by atoms with Gasteiger partial charge in [0.25, 0.3) is 5.91 Å². The molecule has 17 heavy (non-hydrogen) atoms. The van der Waals surface area contributed by atoms with E-state index in [2.05, 4.69) is 10.6 Å². The van der Waals surface area contributed by atoms with Crippen molar-refractivity contribution in [3.05, 3.63) is 28.8 Å². The second kappa shape index (κ2) is 6.10. The fourth-order valence-corrected chi connectivity index (χ4v) is 1.47. The van der Waals surface area contributed by atoms with Gasteiger partial charge in [-0.15, -0.1) is 0 Å². The highest BCUT2D eigenvalue weighted by molar-refractivity contribution is 6.31. The fraction of sp³-hybridized carbons (Fsp3) is 0.273. The van der Waals surface area contributed by atoms with Crippen molar-refractivity contribution in [3.8, 4) is 0 Å². The van der Waals surface area contributed by atoms with Crippen LogP contribution in [0.5, 0.6) is 0 Å². The van der Waals surface area contributed by atoms with E-state index in [-0.39, 0.29) is 0 Å². The van der Waals surface area contributed by atoms with Crippen molar-refractivity contribution in [3.63, 3.8) is 0 Å². The minimum absolute atomic E-state index is 0.334. The summed E-state index contributed by atoms with van der Waals surface area (Å²) in [4.78, 5) is 22.1. The molecule has 1 aromatic carbocycles. The zero-order valence-corrected chi connectivity index (χ0v) is 10.0. The number of carboxylic acids is 1. The molecular formula is C11H13ClN2O3. The average molecular weight is 257 g/mol. The molecule has 0 radical (unpaired) electrons. The molecule has 1 rings (SSSR count). The van der Waals surface area contributed by atoms with Crippen molar-refractivity contribution in [1.82, 2.24) is 5.32 Å². The Labute approximate surface area is 104 Å². The van der Waals surface area contributed by atoms with Crippen molar-refractivity contribution in [2.45, 2.75) is 6.92 Å². The summed E-state index contributed by atoms with van der Waals surface area (Å²) in [6, 6.07) is 4.84. The van der Waals surface area contributed by atoms with Crippen molar-refractivity contribution in [2.75, 3.05) is 18.4 Å². The maximum absolute atomic E-state index is 11.7. The molecule has 0 atom stereocenters. The van der Waals surface area contributed by atoms with E-state index in [0.717, 1.165) is 0 Å². The molecule has 1 amide bonds. The van der Waals surface area contributed by atoms with Gasteiger partial charge < -0.3 is 15.7 Å². The Morgan fingerprint density at radius 2 is 2.12 bits per heavy atom. The van der Waals surface area contributed by atoms with Crippen LogP contribution in [0.2, 0.25) is 5.02 Å². The third-order valence-corrected chi connectivity index (χ3v) is 2.23. The van der Waals surface area contributed by atoms with Crippen LogP contribution in [0.25, 0.3) is 0 Å². The minimum Gasteiger partial charge on any atom is -0.480 e. The Balaban J connectivity index is 2.89. The number of nitrogens with one attached hydrogen (secondary N) is 2. The largest absolute Gasteiger partial charge is 0.480 e. The summed E-state index contributed by atoms with van der Waals surface area (Å²) in [5.41, 5.74) is 0.959. The fourth-order valence-electron chi connectivity index (χ4n) is 1.30. The molecule has 0 saturated heterocycles. The first-order valence-electron chi connectivity index (χ1n) is 5.08. The van der Waals surface area contributed by atoms with Crippen molar-refractivity contribution < 1.29 is 14.7 Å². The highest BCUT2D eigenvalue weighted by atomic mass is 35.5. The number of benzene rings is 1. The van der Waals surface area contributed by atoms with E-state index in [9.17, 15) is 9.59 Å².